The van der Waals surface area contributed by atoms with Gasteiger partial charge in [-0.3, -0.25) is 4.79 Å². The first-order chi connectivity index (χ1) is 10.3. The molecule has 5 nitrogen and oxygen atoms in total. The lowest BCUT2D eigenvalue weighted by Crippen LogP contribution is -2.48. The van der Waals surface area contributed by atoms with E-state index >= 15 is 0 Å². The molecular weight excluding hydrogens is 320 g/mol. The molecule has 22 heavy (non-hydrogen) atoms. The van der Waals surface area contributed by atoms with E-state index in [1.165, 1.54) is 0 Å². The fourth-order valence-electron chi connectivity index (χ4n) is 1.84. The highest BCUT2D eigenvalue weighted by Crippen LogP contribution is 2.12. The zero-order valence-electron chi connectivity index (χ0n) is 13.4. The summed E-state index contributed by atoms with van der Waals surface area (Å²) in [6.07, 6.45) is 2.37. The fraction of sp³-hybridized carbons (Fsp3) is 0.533. The number of aryl methyl sites for hydroxylation is 1. The summed E-state index contributed by atoms with van der Waals surface area (Å²) in [6, 6.07) is 5.77. The van der Waals surface area contributed by atoms with Gasteiger partial charge in [-0.15, -0.1) is 0 Å². The van der Waals surface area contributed by atoms with E-state index in [-0.39, 0.29) is 16.8 Å². The second-order valence-electron chi connectivity index (χ2n) is 5.43. The van der Waals surface area contributed by atoms with Crippen molar-refractivity contribution in [3.63, 3.8) is 0 Å². The van der Waals surface area contributed by atoms with E-state index in [2.05, 4.69) is 10.0 Å². The van der Waals surface area contributed by atoms with Crippen molar-refractivity contribution in [3.8, 4) is 0 Å². The first-order valence-electron chi connectivity index (χ1n) is 7.14. The third kappa shape index (κ3) is 5.98. The maximum Gasteiger partial charge on any atom is 0.241 e. The highest BCUT2D eigenvalue weighted by atomic mass is 32.2. The maximum atomic E-state index is 12.4. The van der Waals surface area contributed by atoms with Gasteiger partial charge >= 0.3 is 0 Å². The molecule has 1 atom stereocenters. The van der Waals surface area contributed by atoms with Crippen LogP contribution < -0.4 is 10.0 Å². The molecule has 0 saturated heterocycles. The second kappa shape index (κ2) is 8.55. The number of nitrogens with one attached hydrogen (secondary N) is 2. The first-order valence-corrected chi connectivity index (χ1v) is 10.0. The Morgan fingerprint density at radius 1 is 1.23 bits per heavy atom. The van der Waals surface area contributed by atoms with Gasteiger partial charge in [0.1, 0.15) is 6.04 Å². The summed E-state index contributed by atoms with van der Waals surface area (Å²) in [4.78, 5) is 12.3. The number of benzene rings is 1. The summed E-state index contributed by atoms with van der Waals surface area (Å²) in [5.41, 5.74) is 0.982. The summed E-state index contributed by atoms with van der Waals surface area (Å²) in [5.74, 6) is 0.409. The van der Waals surface area contributed by atoms with Gasteiger partial charge in [0.25, 0.3) is 0 Å². The fourth-order valence-corrected chi connectivity index (χ4v) is 3.54. The molecule has 0 radical (unpaired) electrons. The molecular formula is C15H24N2O3S2. The topological polar surface area (TPSA) is 75.3 Å². The lowest BCUT2D eigenvalue weighted by Gasteiger charge is -2.19. The Morgan fingerprint density at radius 3 is 2.32 bits per heavy atom. The molecule has 0 heterocycles. The van der Waals surface area contributed by atoms with Crippen LogP contribution in [0.4, 0.5) is 0 Å². The van der Waals surface area contributed by atoms with Crippen LogP contribution in [0, 0.1) is 6.92 Å². The predicted molar refractivity (Wildman–Crippen MR) is 91.6 cm³/mol. The number of hydrogen-bond acceptors (Lipinski definition) is 4. The largest absolute Gasteiger partial charge is 0.353 e. The van der Waals surface area contributed by atoms with Gasteiger partial charge in [0.2, 0.25) is 15.9 Å². The number of hydrogen-bond donors (Lipinski definition) is 2. The van der Waals surface area contributed by atoms with Crippen LogP contribution in [0.5, 0.6) is 0 Å². The van der Waals surface area contributed by atoms with Gasteiger partial charge in [-0.25, -0.2) is 8.42 Å². The average Bonchev–Trinajstić information content (AvgIpc) is 2.43. The summed E-state index contributed by atoms with van der Waals surface area (Å²) >= 11 is 1.58. The summed E-state index contributed by atoms with van der Waals surface area (Å²) in [6.45, 7) is 5.58. The molecule has 0 aromatic heterocycles. The third-order valence-corrected chi connectivity index (χ3v) is 5.12. The van der Waals surface area contributed by atoms with E-state index in [9.17, 15) is 13.2 Å². The molecule has 1 aromatic rings. The molecule has 0 fully saturated rings. The Bertz CT molecular complexity index is 583. The molecule has 124 valence electrons. The van der Waals surface area contributed by atoms with E-state index in [0.717, 1.165) is 5.56 Å². The molecule has 0 aliphatic carbocycles. The highest BCUT2D eigenvalue weighted by Gasteiger charge is 2.25. The van der Waals surface area contributed by atoms with E-state index in [0.29, 0.717) is 12.2 Å². The van der Waals surface area contributed by atoms with Crippen LogP contribution in [0.1, 0.15) is 25.8 Å². The SMILES string of the molecule is CSCCC(NS(=O)(=O)c1ccc(C)cc1)C(=O)NC(C)C. The van der Waals surface area contributed by atoms with Crippen molar-refractivity contribution in [1.82, 2.24) is 10.0 Å². The van der Waals surface area contributed by atoms with Crippen LogP contribution in [0.3, 0.4) is 0 Å². The first kappa shape index (κ1) is 19.0. The Hall–Kier alpha value is -1.05. The molecule has 7 heteroatoms. The van der Waals surface area contributed by atoms with E-state index < -0.39 is 16.1 Å². The lowest BCUT2D eigenvalue weighted by molar-refractivity contribution is -0.123. The highest BCUT2D eigenvalue weighted by molar-refractivity contribution is 7.98. The minimum Gasteiger partial charge on any atom is -0.353 e. The zero-order chi connectivity index (χ0) is 16.8. The number of carbonyl (C=O) groups is 1. The Labute approximate surface area is 137 Å². The summed E-state index contributed by atoms with van der Waals surface area (Å²) in [5, 5.41) is 2.76. The van der Waals surface area contributed by atoms with Crippen molar-refractivity contribution in [2.45, 2.75) is 44.2 Å². The molecule has 1 amide bonds. The number of carbonyl (C=O) groups excluding carboxylic acids is 1. The number of sulfonamides is 1. The molecule has 1 unspecified atom stereocenters. The van der Waals surface area contributed by atoms with Gasteiger partial charge in [-0.1, -0.05) is 17.7 Å². The second-order valence-corrected chi connectivity index (χ2v) is 8.13. The van der Waals surface area contributed by atoms with Crippen LogP contribution in [-0.4, -0.2) is 38.4 Å². The lowest BCUT2D eigenvalue weighted by atomic mass is 10.2. The molecule has 0 saturated carbocycles. The number of amides is 1. The van der Waals surface area contributed by atoms with E-state index in [1.54, 1.807) is 36.0 Å². The molecule has 0 aliphatic rings. The maximum absolute atomic E-state index is 12.4. The molecule has 1 aromatic carbocycles. The van der Waals surface area contributed by atoms with Gasteiger partial charge in [0.05, 0.1) is 4.90 Å². The predicted octanol–water partition coefficient (Wildman–Crippen LogP) is 1.92. The molecule has 0 bridgehead atoms. The van der Waals surface area contributed by atoms with Gasteiger partial charge in [0.15, 0.2) is 0 Å². The Morgan fingerprint density at radius 2 is 1.82 bits per heavy atom. The van der Waals surface area contributed by atoms with Gasteiger partial charge < -0.3 is 5.32 Å². The van der Waals surface area contributed by atoms with Crippen LogP contribution in [0.2, 0.25) is 0 Å². The summed E-state index contributed by atoms with van der Waals surface area (Å²) in [7, 11) is -3.71. The smallest absolute Gasteiger partial charge is 0.241 e. The van der Waals surface area contributed by atoms with Crippen LogP contribution >= 0.6 is 11.8 Å². The van der Waals surface area contributed by atoms with Crippen molar-refractivity contribution < 1.29 is 13.2 Å². The van der Waals surface area contributed by atoms with Crippen molar-refractivity contribution in [3.05, 3.63) is 29.8 Å². The molecule has 0 aliphatic heterocycles. The van der Waals surface area contributed by atoms with Crippen molar-refractivity contribution in [1.29, 1.82) is 0 Å². The van der Waals surface area contributed by atoms with Gasteiger partial charge in [-0.05, 0) is 51.3 Å². The van der Waals surface area contributed by atoms with Crippen molar-refractivity contribution in [2.24, 2.45) is 0 Å². The standard InChI is InChI=1S/C15H24N2O3S2/c1-11(2)16-15(18)14(9-10-21-4)17-22(19,20)13-7-5-12(3)6-8-13/h5-8,11,14,17H,9-10H2,1-4H3,(H,16,18). The Kier molecular flexibility index (Phi) is 7.38. The van der Waals surface area contributed by atoms with Crippen LogP contribution in [-0.2, 0) is 14.8 Å². The zero-order valence-corrected chi connectivity index (χ0v) is 15.1. The summed E-state index contributed by atoms with van der Waals surface area (Å²) < 4.78 is 27.3. The molecule has 2 N–H and O–H groups in total. The molecule has 0 spiro atoms. The number of rotatable bonds is 8. The monoisotopic (exact) mass is 344 g/mol. The van der Waals surface area contributed by atoms with E-state index in [1.807, 2.05) is 27.0 Å². The van der Waals surface area contributed by atoms with Crippen LogP contribution in [0.15, 0.2) is 29.2 Å². The van der Waals surface area contributed by atoms with Gasteiger partial charge in [0, 0.05) is 6.04 Å². The molecule has 1 rings (SSSR count). The average molecular weight is 345 g/mol. The Balaban J connectivity index is 2.91. The van der Waals surface area contributed by atoms with E-state index in [4.69, 9.17) is 0 Å². The van der Waals surface area contributed by atoms with Crippen molar-refractivity contribution in [2.75, 3.05) is 12.0 Å². The third-order valence-electron chi connectivity index (χ3n) is 2.99. The van der Waals surface area contributed by atoms with Gasteiger partial charge in [-0.2, -0.15) is 16.5 Å². The normalized spacial score (nSPS) is 13.1. The number of thioether (sulfide) groups is 1. The quantitative estimate of drug-likeness (QED) is 0.755. The minimum atomic E-state index is -3.71. The minimum absolute atomic E-state index is 0.0341. The van der Waals surface area contributed by atoms with Crippen LogP contribution in [0.25, 0.3) is 0 Å². The van der Waals surface area contributed by atoms with Crippen molar-refractivity contribution >= 4 is 27.7 Å².